The molecule has 1 aliphatic rings. The highest BCUT2D eigenvalue weighted by Gasteiger charge is 2.59. The largest absolute Gasteiger partial charge is 0.459 e. The summed E-state index contributed by atoms with van der Waals surface area (Å²) in [5.74, 6) is -2.92. The second-order valence-corrected chi connectivity index (χ2v) is 9.82. The molecule has 4 atom stereocenters. The van der Waals surface area contributed by atoms with Crippen molar-refractivity contribution in [2.75, 3.05) is 6.61 Å². The van der Waals surface area contributed by atoms with E-state index in [1.807, 2.05) is 0 Å². The Hall–Kier alpha value is -5.22. The molecule has 0 amide bonds. The molecular formula is C33H27BO9. The fourth-order valence-electron chi connectivity index (χ4n) is 4.61. The van der Waals surface area contributed by atoms with Gasteiger partial charge >= 0.3 is 23.9 Å². The van der Waals surface area contributed by atoms with E-state index in [0.29, 0.717) is 5.56 Å². The fraction of sp³-hybridized carbons (Fsp3) is 0.152. The van der Waals surface area contributed by atoms with E-state index in [1.165, 1.54) is 7.85 Å². The van der Waals surface area contributed by atoms with E-state index < -0.39 is 54.5 Å². The Morgan fingerprint density at radius 3 is 1.44 bits per heavy atom. The van der Waals surface area contributed by atoms with Crippen LogP contribution < -0.4 is 0 Å². The van der Waals surface area contributed by atoms with Gasteiger partial charge in [-0.15, -0.1) is 0 Å². The van der Waals surface area contributed by atoms with E-state index >= 15 is 0 Å². The van der Waals surface area contributed by atoms with E-state index in [4.69, 9.17) is 23.7 Å². The number of hydrogen-bond acceptors (Lipinski definition) is 9. The zero-order valence-electron chi connectivity index (χ0n) is 23.2. The molecule has 0 aromatic heterocycles. The molecule has 0 saturated carbocycles. The number of carbonyl (C=O) groups excluding carboxylic acids is 4. The summed E-state index contributed by atoms with van der Waals surface area (Å²) in [6.45, 7) is -0.404. The van der Waals surface area contributed by atoms with Crippen molar-refractivity contribution in [3.63, 3.8) is 0 Å². The van der Waals surface area contributed by atoms with Gasteiger partial charge in [0.05, 0.1) is 22.3 Å². The average molecular weight is 578 g/mol. The molecule has 4 aromatic rings. The van der Waals surface area contributed by atoms with Gasteiger partial charge in [-0.25, -0.2) is 19.2 Å². The highest BCUT2D eigenvalue weighted by atomic mass is 16.8. The summed E-state index contributed by atoms with van der Waals surface area (Å²) in [5, 5.41) is 0. The SMILES string of the molecule is BC1(OC(=O)c2ccccc2)O[C@H](COC(=O)c2ccccc2)[C@@H](OC(=O)c2ccccc2)[C@H]1OC(=O)c1ccccc1. The molecule has 4 aromatic carbocycles. The lowest BCUT2D eigenvalue weighted by Crippen LogP contribution is -2.51. The van der Waals surface area contributed by atoms with Gasteiger partial charge in [0, 0.05) is 0 Å². The minimum atomic E-state index is -1.94. The van der Waals surface area contributed by atoms with Crippen molar-refractivity contribution in [1.82, 2.24) is 0 Å². The van der Waals surface area contributed by atoms with Crippen LogP contribution >= 0.6 is 0 Å². The Morgan fingerprint density at radius 2 is 0.977 bits per heavy atom. The third-order valence-electron chi connectivity index (χ3n) is 6.76. The van der Waals surface area contributed by atoms with Gasteiger partial charge in [-0.05, 0) is 48.5 Å². The van der Waals surface area contributed by atoms with E-state index in [2.05, 4.69) is 0 Å². The lowest BCUT2D eigenvalue weighted by molar-refractivity contribution is -0.174. The van der Waals surface area contributed by atoms with E-state index in [9.17, 15) is 19.2 Å². The number of rotatable bonds is 9. The van der Waals surface area contributed by atoms with Crippen LogP contribution in [0.2, 0.25) is 0 Å². The molecule has 0 bridgehead atoms. The average Bonchev–Trinajstić information content (AvgIpc) is 3.30. The van der Waals surface area contributed by atoms with Gasteiger partial charge < -0.3 is 23.7 Å². The summed E-state index contributed by atoms with van der Waals surface area (Å²) < 4.78 is 29.2. The minimum absolute atomic E-state index is 0.214. The number of ether oxygens (including phenoxy) is 5. The van der Waals surface area contributed by atoms with Crippen molar-refractivity contribution in [1.29, 1.82) is 0 Å². The predicted molar refractivity (Wildman–Crippen MR) is 156 cm³/mol. The van der Waals surface area contributed by atoms with Gasteiger partial charge in [-0.3, -0.25) is 0 Å². The van der Waals surface area contributed by atoms with Crippen molar-refractivity contribution < 1.29 is 42.9 Å². The highest BCUT2D eigenvalue weighted by Crippen LogP contribution is 2.36. The Balaban J connectivity index is 1.48. The van der Waals surface area contributed by atoms with Crippen LogP contribution in [0.1, 0.15) is 41.4 Å². The van der Waals surface area contributed by atoms with Crippen LogP contribution in [0.5, 0.6) is 0 Å². The van der Waals surface area contributed by atoms with Crippen molar-refractivity contribution in [2.45, 2.75) is 24.0 Å². The molecule has 1 fully saturated rings. The summed E-state index contributed by atoms with van der Waals surface area (Å²) in [5.41, 5.74) is -0.985. The molecule has 1 aliphatic heterocycles. The quantitative estimate of drug-likeness (QED) is 0.166. The first-order chi connectivity index (χ1) is 20.8. The second kappa shape index (κ2) is 13.2. The maximum absolute atomic E-state index is 13.3. The molecule has 1 heterocycles. The monoisotopic (exact) mass is 578 g/mol. The highest BCUT2D eigenvalue weighted by molar-refractivity contribution is 6.15. The molecule has 0 aliphatic carbocycles. The van der Waals surface area contributed by atoms with E-state index in [1.54, 1.807) is 121 Å². The summed E-state index contributed by atoms with van der Waals surface area (Å²) in [6, 6.07) is 32.8. The first-order valence-corrected chi connectivity index (χ1v) is 13.5. The molecule has 9 nitrogen and oxygen atoms in total. The standard InChI is InChI=1S/C33H27BO9/c34-33(43-32(38)25-19-11-4-12-20-25)28(41-31(37)24-17-9-3-10-18-24)27(40-30(36)23-15-7-2-8-16-23)26(42-33)21-39-29(35)22-13-5-1-6-14-22/h1-20,26-28H,21,34H2/t26-,27-,28-,33?/m1/s1. The maximum Gasteiger partial charge on any atom is 0.340 e. The first kappa shape index (κ1) is 29.3. The van der Waals surface area contributed by atoms with Crippen molar-refractivity contribution in [3.05, 3.63) is 144 Å². The van der Waals surface area contributed by atoms with Gasteiger partial charge in [0.2, 0.25) is 13.5 Å². The van der Waals surface area contributed by atoms with Gasteiger partial charge in [0.25, 0.3) is 0 Å². The lowest BCUT2D eigenvalue weighted by atomic mass is 9.87. The molecule has 0 N–H and O–H groups in total. The lowest BCUT2D eigenvalue weighted by Gasteiger charge is -2.31. The number of esters is 4. The maximum atomic E-state index is 13.3. The van der Waals surface area contributed by atoms with Gasteiger partial charge in [-0.1, -0.05) is 72.8 Å². The zero-order valence-corrected chi connectivity index (χ0v) is 23.2. The van der Waals surface area contributed by atoms with Crippen LogP contribution in [0.25, 0.3) is 0 Å². The van der Waals surface area contributed by atoms with Crippen molar-refractivity contribution in [3.8, 4) is 0 Å². The van der Waals surface area contributed by atoms with Gasteiger partial charge in [-0.2, -0.15) is 0 Å². The van der Waals surface area contributed by atoms with Crippen molar-refractivity contribution in [2.24, 2.45) is 0 Å². The Kier molecular flexibility index (Phi) is 8.98. The molecule has 1 saturated heterocycles. The smallest absolute Gasteiger partial charge is 0.340 e. The Bertz CT molecular complexity index is 1570. The zero-order chi connectivity index (χ0) is 30.2. The molecule has 0 spiro atoms. The topological polar surface area (TPSA) is 114 Å². The third kappa shape index (κ3) is 6.99. The number of hydrogen-bond donors (Lipinski definition) is 0. The molecular weight excluding hydrogens is 551 g/mol. The van der Waals surface area contributed by atoms with E-state index in [-0.39, 0.29) is 16.7 Å². The summed E-state index contributed by atoms with van der Waals surface area (Å²) in [6.07, 6.45) is -3.96. The third-order valence-corrected chi connectivity index (χ3v) is 6.76. The van der Waals surface area contributed by atoms with Crippen LogP contribution in [-0.4, -0.2) is 62.3 Å². The predicted octanol–water partition coefficient (Wildman–Crippen LogP) is 3.84. The van der Waals surface area contributed by atoms with Crippen molar-refractivity contribution >= 4 is 31.7 Å². The minimum Gasteiger partial charge on any atom is -0.459 e. The normalized spacial score (nSPS) is 20.9. The molecule has 0 radical (unpaired) electrons. The number of benzene rings is 4. The molecule has 216 valence electrons. The first-order valence-electron chi connectivity index (χ1n) is 13.5. The van der Waals surface area contributed by atoms with Gasteiger partial charge in [0.15, 0.2) is 12.2 Å². The Labute approximate surface area is 248 Å². The molecule has 43 heavy (non-hydrogen) atoms. The number of carbonyl (C=O) groups is 4. The van der Waals surface area contributed by atoms with Crippen LogP contribution in [0.4, 0.5) is 0 Å². The summed E-state index contributed by atoms with van der Waals surface area (Å²) in [4.78, 5) is 52.4. The molecule has 10 heteroatoms. The van der Waals surface area contributed by atoms with Crippen LogP contribution in [0, 0.1) is 0 Å². The Morgan fingerprint density at radius 1 is 0.581 bits per heavy atom. The molecule has 5 rings (SSSR count). The summed E-state index contributed by atoms with van der Waals surface area (Å²) in [7, 11) is 1.40. The fourth-order valence-corrected chi connectivity index (χ4v) is 4.61. The second-order valence-electron chi connectivity index (χ2n) is 9.82. The molecule has 1 unspecified atom stereocenters. The van der Waals surface area contributed by atoms with Gasteiger partial charge in [0.1, 0.15) is 12.7 Å². The van der Waals surface area contributed by atoms with Crippen LogP contribution in [0.3, 0.4) is 0 Å². The van der Waals surface area contributed by atoms with Crippen LogP contribution in [-0.2, 0) is 23.7 Å². The van der Waals surface area contributed by atoms with E-state index in [0.717, 1.165) is 0 Å². The van der Waals surface area contributed by atoms with Crippen LogP contribution in [0.15, 0.2) is 121 Å². The summed E-state index contributed by atoms with van der Waals surface area (Å²) >= 11 is 0.